The zero-order chi connectivity index (χ0) is 18.3. The van der Waals surface area contributed by atoms with Gasteiger partial charge in [-0.2, -0.15) is 5.26 Å². The van der Waals surface area contributed by atoms with Gasteiger partial charge in [-0.15, -0.1) is 0 Å². The highest BCUT2D eigenvalue weighted by Crippen LogP contribution is 2.44. The molecule has 0 aromatic heterocycles. The maximum absolute atomic E-state index is 12.9. The lowest BCUT2D eigenvalue weighted by Crippen LogP contribution is -2.37. The summed E-state index contributed by atoms with van der Waals surface area (Å²) in [6.45, 7) is 2.05. The van der Waals surface area contributed by atoms with Gasteiger partial charge in [0.05, 0.1) is 23.5 Å². The van der Waals surface area contributed by atoms with E-state index in [1.54, 1.807) is 24.3 Å². The highest BCUT2D eigenvalue weighted by Gasteiger charge is 2.51. The molecule has 5 heteroatoms. The molecule has 1 aliphatic heterocycles. The van der Waals surface area contributed by atoms with Gasteiger partial charge in [-0.25, -0.2) is 0 Å². The molecule has 26 heavy (non-hydrogen) atoms. The van der Waals surface area contributed by atoms with Crippen LogP contribution in [0, 0.1) is 23.2 Å². The molecule has 1 N–H and O–H groups in total. The lowest BCUT2D eigenvalue weighted by atomic mass is 10.1. The summed E-state index contributed by atoms with van der Waals surface area (Å²) in [5, 5.41) is 11.7. The predicted molar refractivity (Wildman–Crippen MR) is 98.5 cm³/mol. The Labute approximate surface area is 152 Å². The Hall–Kier alpha value is -3.13. The van der Waals surface area contributed by atoms with Crippen LogP contribution in [0.1, 0.15) is 24.5 Å². The van der Waals surface area contributed by atoms with Crippen molar-refractivity contribution < 1.29 is 9.59 Å². The first-order chi connectivity index (χ1) is 12.6. The van der Waals surface area contributed by atoms with Crippen molar-refractivity contribution in [1.29, 1.82) is 5.26 Å². The zero-order valence-corrected chi connectivity index (χ0v) is 14.5. The van der Waals surface area contributed by atoms with Gasteiger partial charge >= 0.3 is 0 Å². The van der Waals surface area contributed by atoms with E-state index in [1.165, 1.54) is 5.56 Å². The van der Waals surface area contributed by atoms with Gasteiger partial charge in [-0.1, -0.05) is 18.2 Å². The smallest absolute Gasteiger partial charge is 0.231 e. The molecule has 2 aliphatic rings. The Kier molecular flexibility index (Phi) is 3.96. The summed E-state index contributed by atoms with van der Waals surface area (Å²) in [5.74, 6) is -0.615. The number of rotatable bonds is 3. The van der Waals surface area contributed by atoms with E-state index in [0.717, 1.165) is 12.1 Å². The zero-order valence-electron chi connectivity index (χ0n) is 14.5. The molecule has 3 atom stereocenters. The third-order valence-electron chi connectivity index (χ3n) is 5.17. The molecule has 0 spiro atoms. The number of para-hydroxylation sites is 1. The number of nitrogens with one attached hydrogen (secondary N) is 1. The molecule has 2 amide bonds. The summed E-state index contributed by atoms with van der Waals surface area (Å²) in [6.07, 6.45) is 1.45. The number of carbonyl (C=O) groups excluding carboxylic acids is 2. The Morgan fingerprint density at radius 2 is 1.85 bits per heavy atom. The summed E-state index contributed by atoms with van der Waals surface area (Å²) in [5.41, 5.74) is 3.35. The van der Waals surface area contributed by atoms with Crippen LogP contribution < -0.4 is 10.2 Å². The van der Waals surface area contributed by atoms with E-state index in [2.05, 4.69) is 11.4 Å². The number of carbonyl (C=O) groups is 2. The maximum atomic E-state index is 12.9. The van der Waals surface area contributed by atoms with E-state index in [0.29, 0.717) is 17.7 Å². The third-order valence-corrected chi connectivity index (χ3v) is 5.17. The van der Waals surface area contributed by atoms with Gasteiger partial charge < -0.3 is 10.2 Å². The predicted octanol–water partition coefficient (Wildman–Crippen LogP) is 3.11. The fourth-order valence-electron chi connectivity index (χ4n) is 3.70. The van der Waals surface area contributed by atoms with Crippen LogP contribution in [0.2, 0.25) is 0 Å². The van der Waals surface area contributed by atoms with Crippen molar-refractivity contribution in [2.45, 2.75) is 25.8 Å². The van der Waals surface area contributed by atoms with Crippen LogP contribution in [-0.2, 0) is 16.0 Å². The standard InChI is InChI=1S/C21H19N3O2/c1-13-10-15-4-2-3-5-19(15)24(13)21(26)18-11-17(18)20(25)23-16-8-6-14(12-22)7-9-16/h2-9,13,17-18H,10-11H2,1H3,(H,23,25). The third kappa shape index (κ3) is 2.84. The number of fused-ring (bicyclic) bond motifs is 1. The van der Waals surface area contributed by atoms with E-state index in [9.17, 15) is 9.59 Å². The quantitative estimate of drug-likeness (QED) is 0.929. The highest BCUT2D eigenvalue weighted by molar-refractivity contribution is 6.05. The van der Waals surface area contributed by atoms with Crippen molar-refractivity contribution >= 4 is 23.2 Å². The van der Waals surface area contributed by atoms with Crippen LogP contribution in [0.15, 0.2) is 48.5 Å². The van der Waals surface area contributed by atoms with Gasteiger partial charge in [0, 0.05) is 17.4 Å². The van der Waals surface area contributed by atoms with E-state index in [-0.39, 0.29) is 29.7 Å². The largest absolute Gasteiger partial charge is 0.326 e. The van der Waals surface area contributed by atoms with Crippen molar-refractivity contribution in [3.05, 3.63) is 59.7 Å². The Morgan fingerprint density at radius 1 is 1.12 bits per heavy atom. The van der Waals surface area contributed by atoms with Crippen LogP contribution in [0.3, 0.4) is 0 Å². The first-order valence-electron chi connectivity index (χ1n) is 8.80. The van der Waals surface area contributed by atoms with Crippen molar-refractivity contribution in [2.24, 2.45) is 11.8 Å². The van der Waals surface area contributed by atoms with Crippen molar-refractivity contribution in [3.63, 3.8) is 0 Å². The Bertz CT molecular complexity index is 914. The van der Waals surface area contributed by atoms with E-state index < -0.39 is 0 Å². The monoisotopic (exact) mass is 345 g/mol. The van der Waals surface area contributed by atoms with Crippen molar-refractivity contribution in [3.8, 4) is 6.07 Å². The summed E-state index contributed by atoms with van der Waals surface area (Å²) in [4.78, 5) is 27.2. The molecule has 0 radical (unpaired) electrons. The lowest BCUT2D eigenvalue weighted by molar-refractivity contribution is -0.123. The number of nitriles is 1. The van der Waals surface area contributed by atoms with Crippen LogP contribution in [-0.4, -0.2) is 17.9 Å². The number of benzene rings is 2. The van der Waals surface area contributed by atoms with Gasteiger partial charge in [-0.05, 0) is 55.7 Å². The normalized spacial score (nSPS) is 23.1. The lowest BCUT2D eigenvalue weighted by Gasteiger charge is -2.23. The molecular formula is C21H19N3O2. The molecule has 4 rings (SSSR count). The van der Waals surface area contributed by atoms with Gasteiger partial charge in [0.2, 0.25) is 11.8 Å². The highest BCUT2D eigenvalue weighted by atomic mass is 16.2. The van der Waals surface area contributed by atoms with Crippen molar-refractivity contribution in [2.75, 3.05) is 10.2 Å². The van der Waals surface area contributed by atoms with Crippen LogP contribution in [0.25, 0.3) is 0 Å². The molecule has 130 valence electrons. The minimum atomic E-state index is -0.280. The molecule has 2 aromatic rings. The van der Waals surface area contributed by atoms with Crippen LogP contribution >= 0.6 is 0 Å². The molecule has 1 heterocycles. The molecule has 1 fully saturated rings. The molecule has 0 saturated heterocycles. The fourth-order valence-corrected chi connectivity index (χ4v) is 3.70. The Balaban J connectivity index is 1.42. The number of amides is 2. The summed E-state index contributed by atoms with van der Waals surface area (Å²) in [7, 11) is 0. The molecule has 5 nitrogen and oxygen atoms in total. The average Bonchev–Trinajstić information content (AvgIpc) is 3.38. The molecular weight excluding hydrogens is 326 g/mol. The van der Waals surface area contributed by atoms with Gasteiger partial charge in [0.15, 0.2) is 0 Å². The number of hydrogen-bond acceptors (Lipinski definition) is 3. The topological polar surface area (TPSA) is 73.2 Å². The molecule has 0 bridgehead atoms. The second kappa shape index (κ2) is 6.30. The number of nitrogens with zero attached hydrogens (tertiary/aromatic N) is 2. The van der Waals surface area contributed by atoms with Crippen LogP contribution in [0.5, 0.6) is 0 Å². The van der Waals surface area contributed by atoms with E-state index >= 15 is 0 Å². The Morgan fingerprint density at radius 3 is 2.58 bits per heavy atom. The molecule has 1 saturated carbocycles. The van der Waals surface area contributed by atoms with Gasteiger partial charge in [-0.3, -0.25) is 9.59 Å². The minimum Gasteiger partial charge on any atom is -0.326 e. The van der Waals surface area contributed by atoms with Gasteiger partial charge in [0.25, 0.3) is 0 Å². The first kappa shape index (κ1) is 16.3. The van der Waals surface area contributed by atoms with Gasteiger partial charge in [0.1, 0.15) is 0 Å². The average molecular weight is 345 g/mol. The summed E-state index contributed by atoms with van der Waals surface area (Å²) in [6, 6.07) is 16.9. The number of hydrogen-bond donors (Lipinski definition) is 1. The minimum absolute atomic E-state index is 0.0439. The van der Waals surface area contributed by atoms with Crippen LogP contribution in [0.4, 0.5) is 11.4 Å². The second-order valence-electron chi connectivity index (χ2n) is 7.02. The molecule has 1 aliphatic carbocycles. The molecule has 2 aromatic carbocycles. The molecule has 3 unspecified atom stereocenters. The van der Waals surface area contributed by atoms with Crippen molar-refractivity contribution in [1.82, 2.24) is 0 Å². The second-order valence-corrected chi connectivity index (χ2v) is 7.02. The summed E-state index contributed by atoms with van der Waals surface area (Å²) < 4.78 is 0. The maximum Gasteiger partial charge on any atom is 0.231 e. The number of anilines is 2. The van der Waals surface area contributed by atoms with E-state index in [1.807, 2.05) is 36.1 Å². The van der Waals surface area contributed by atoms with E-state index in [4.69, 9.17) is 5.26 Å². The SMILES string of the molecule is CC1Cc2ccccc2N1C(=O)C1CC1C(=O)Nc1ccc(C#N)cc1. The first-order valence-corrected chi connectivity index (χ1v) is 8.80. The fraction of sp³-hybridized carbons (Fsp3) is 0.286. The summed E-state index contributed by atoms with van der Waals surface area (Å²) >= 11 is 0.